The van der Waals surface area contributed by atoms with Crippen LogP contribution in [0.15, 0.2) is 0 Å². The van der Waals surface area contributed by atoms with E-state index in [0.717, 1.165) is 12.8 Å². The molecule has 2 nitrogen and oxygen atoms in total. The van der Waals surface area contributed by atoms with E-state index < -0.39 is 5.69 Å². The van der Waals surface area contributed by atoms with Crippen molar-refractivity contribution in [1.29, 1.82) is 0 Å². The fourth-order valence-electron chi connectivity index (χ4n) is 0.772. The Bertz CT molecular complexity index is 230. The second-order valence-electron chi connectivity index (χ2n) is 4.88. The minimum Gasteiger partial charge on any atom is -0.337 e. The summed E-state index contributed by atoms with van der Waals surface area (Å²) in [4.78, 5) is 10.1. The molecule has 92 valence electrons. The van der Waals surface area contributed by atoms with Crippen LogP contribution in [-0.2, 0) is 16.3 Å². The lowest BCUT2D eigenvalue weighted by molar-refractivity contribution is 0.112. The quantitative estimate of drug-likeness (QED) is 0.727. The van der Waals surface area contributed by atoms with E-state index in [1.165, 1.54) is 11.4 Å². The van der Waals surface area contributed by atoms with Gasteiger partial charge in [-0.25, -0.2) is 0 Å². The van der Waals surface area contributed by atoms with Crippen LogP contribution in [0.25, 0.3) is 0 Å². The van der Waals surface area contributed by atoms with Crippen LogP contribution in [0.1, 0.15) is 54.4 Å². The van der Waals surface area contributed by atoms with Crippen LogP contribution in [0.2, 0.25) is 0 Å². The van der Waals surface area contributed by atoms with Crippen molar-refractivity contribution >= 4 is 28.9 Å². The zero-order valence-corrected chi connectivity index (χ0v) is 13.1. The normalized spacial score (nSPS) is 17.5. The van der Waals surface area contributed by atoms with Gasteiger partial charge < -0.3 is 9.42 Å². The third kappa shape index (κ3) is 6.96. The lowest BCUT2D eigenvalue weighted by Gasteiger charge is -2.32. The van der Waals surface area contributed by atoms with Gasteiger partial charge in [0.15, 0.2) is 0 Å². The molecule has 1 unspecified atom stereocenters. The Morgan fingerprint density at radius 3 is 2.00 bits per heavy atom. The van der Waals surface area contributed by atoms with Gasteiger partial charge in [-0.1, -0.05) is 39.1 Å². The maximum Gasteiger partial charge on any atom is 0.245 e. The zero-order chi connectivity index (χ0) is 12.3. The molecule has 0 aliphatic carbocycles. The van der Waals surface area contributed by atoms with Crippen molar-refractivity contribution in [3.8, 4) is 0 Å². The van der Waals surface area contributed by atoms with Gasteiger partial charge in [-0.2, -0.15) is 0 Å². The molecule has 0 saturated heterocycles. The molecule has 5 heteroatoms. The molecular weight excluding hydrogens is 247 g/mol. The van der Waals surface area contributed by atoms with Crippen LogP contribution in [0.5, 0.6) is 0 Å². The van der Waals surface area contributed by atoms with Crippen molar-refractivity contribution < 1.29 is 9.42 Å². The Labute approximate surface area is 103 Å². The summed E-state index contributed by atoms with van der Waals surface area (Å²) in [6.45, 7) is 12.2. The molecule has 0 amide bonds. The number of hydrogen-bond acceptors (Lipinski definition) is 3. The molecule has 0 radical (unpaired) electrons. The summed E-state index contributed by atoms with van der Waals surface area (Å²) >= 11 is 6.59. The van der Waals surface area contributed by atoms with Crippen molar-refractivity contribution in [3.05, 3.63) is 0 Å². The highest BCUT2D eigenvalue weighted by atomic mass is 32.9. The van der Waals surface area contributed by atoms with Crippen LogP contribution in [0, 0.1) is 0 Å². The largest absolute Gasteiger partial charge is 0.337 e. The second kappa shape index (κ2) is 5.50. The van der Waals surface area contributed by atoms with Crippen LogP contribution in [0.4, 0.5) is 0 Å². The molecule has 0 fully saturated rings. The van der Waals surface area contributed by atoms with Crippen LogP contribution < -0.4 is 0 Å². The van der Waals surface area contributed by atoms with Gasteiger partial charge in [0.05, 0.1) is 5.60 Å². The van der Waals surface area contributed by atoms with E-state index in [1.54, 1.807) is 0 Å². The van der Waals surface area contributed by atoms with Crippen molar-refractivity contribution in [2.24, 2.45) is 0 Å². The summed E-state index contributed by atoms with van der Waals surface area (Å²) in [5.41, 5.74) is -3.05. The Morgan fingerprint density at radius 1 is 1.20 bits per heavy atom. The van der Waals surface area contributed by atoms with Crippen LogP contribution >= 0.6 is 17.1 Å². The summed E-state index contributed by atoms with van der Waals surface area (Å²) in [5.74, 6) is 0. The monoisotopic (exact) mass is 270 g/mol. The van der Waals surface area contributed by atoms with Crippen molar-refractivity contribution in [3.63, 3.8) is 0 Å². The van der Waals surface area contributed by atoms with Gasteiger partial charge in [0.25, 0.3) is 0 Å². The Balaban J connectivity index is 4.51. The minimum absolute atomic E-state index is 0.0197. The van der Waals surface area contributed by atoms with Gasteiger partial charge in [-0.05, 0) is 38.5 Å². The summed E-state index contributed by atoms with van der Waals surface area (Å²) < 4.78 is 5.64. The third-order valence-electron chi connectivity index (χ3n) is 2.43. The fraction of sp³-hybridized carbons (Fsp3) is 1.00. The first-order valence-electron chi connectivity index (χ1n) is 5.28. The molecule has 1 N–H and O–H groups in total. The molecule has 0 spiro atoms. The van der Waals surface area contributed by atoms with Gasteiger partial charge in [-0.15, -0.1) is 0 Å². The lowest BCUT2D eigenvalue weighted by Crippen LogP contribution is -2.22. The molecule has 0 aromatic rings. The van der Waals surface area contributed by atoms with E-state index in [1.807, 2.05) is 20.8 Å². The Kier molecular flexibility index (Phi) is 5.84. The van der Waals surface area contributed by atoms with Crippen LogP contribution in [-0.4, -0.2) is 15.2 Å². The standard InChI is InChI=1S/C10H23O2PS2/c1-7-9(3,4)12-13(11,14)15-10(5,6)8-2/h7-8H2,1-6H3,(H,11,14). The summed E-state index contributed by atoms with van der Waals surface area (Å²) in [6.07, 6.45) is 1.81. The zero-order valence-electron chi connectivity index (χ0n) is 10.5. The highest BCUT2D eigenvalue weighted by Gasteiger charge is 2.31. The van der Waals surface area contributed by atoms with Gasteiger partial charge in [0.1, 0.15) is 0 Å². The molecule has 0 bridgehead atoms. The Hall–Kier alpha value is 0.920. The summed E-state index contributed by atoms with van der Waals surface area (Å²) in [6, 6.07) is 0. The smallest absolute Gasteiger partial charge is 0.245 e. The van der Waals surface area contributed by atoms with Crippen molar-refractivity contribution in [2.75, 3.05) is 0 Å². The molecule has 0 aliphatic heterocycles. The highest BCUT2D eigenvalue weighted by Crippen LogP contribution is 2.64. The maximum absolute atomic E-state index is 10.1. The van der Waals surface area contributed by atoms with E-state index >= 15 is 0 Å². The molecule has 0 aromatic carbocycles. The molecule has 1 atom stereocenters. The fourth-order valence-corrected chi connectivity index (χ4v) is 7.72. The van der Waals surface area contributed by atoms with Crippen molar-refractivity contribution in [2.45, 2.75) is 64.7 Å². The molecule has 0 heterocycles. The SMILES string of the molecule is CCC(C)(C)OP(O)(=S)SC(C)(C)CC. The average Bonchev–Trinajstić information content (AvgIpc) is 2.00. The predicted octanol–water partition coefficient (Wildman–Crippen LogP) is 4.33. The first-order valence-corrected chi connectivity index (χ1v) is 9.37. The molecule has 0 rings (SSSR count). The molecule has 0 saturated carbocycles. The van der Waals surface area contributed by atoms with Gasteiger partial charge in [0.2, 0.25) is 5.69 Å². The highest BCUT2D eigenvalue weighted by molar-refractivity contribution is 8.68. The van der Waals surface area contributed by atoms with Gasteiger partial charge in [0, 0.05) is 4.75 Å². The molecule has 15 heavy (non-hydrogen) atoms. The first-order chi connectivity index (χ1) is 6.54. The molecule has 0 aliphatic rings. The van der Waals surface area contributed by atoms with Crippen molar-refractivity contribution in [1.82, 2.24) is 0 Å². The topological polar surface area (TPSA) is 29.5 Å². The summed E-state index contributed by atoms with van der Waals surface area (Å²) in [5, 5.41) is 0. The van der Waals surface area contributed by atoms with E-state index in [2.05, 4.69) is 20.8 Å². The average molecular weight is 270 g/mol. The first kappa shape index (κ1) is 15.9. The van der Waals surface area contributed by atoms with Gasteiger partial charge in [-0.3, -0.25) is 0 Å². The summed E-state index contributed by atoms with van der Waals surface area (Å²) in [7, 11) is 0. The maximum atomic E-state index is 10.1. The van der Waals surface area contributed by atoms with E-state index in [4.69, 9.17) is 16.3 Å². The van der Waals surface area contributed by atoms with E-state index in [0.29, 0.717) is 0 Å². The van der Waals surface area contributed by atoms with E-state index in [9.17, 15) is 4.89 Å². The number of rotatable bonds is 6. The molecular formula is C10H23O2PS2. The number of hydrogen-bond donors (Lipinski definition) is 1. The predicted molar refractivity (Wildman–Crippen MR) is 73.9 cm³/mol. The van der Waals surface area contributed by atoms with Crippen LogP contribution in [0.3, 0.4) is 0 Å². The van der Waals surface area contributed by atoms with E-state index in [-0.39, 0.29) is 10.3 Å². The minimum atomic E-state index is -2.72. The Morgan fingerprint density at radius 2 is 1.67 bits per heavy atom. The molecule has 0 aromatic heterocycles. The lowest BCUT2D eigenvalue weighted by atomic mass is 10.1. The second-order valence-corrected chi connectivity index (χ2v) is 11.5. The van der Waals surface area contributed by atoms with Gasteiger partial charge >= 0.3 is 0 Å². The third-order valence-corrected chi connectivity index (χ3v) is 7.46.